The average molecular weight is 1020 g/mol. The molecule has 6 aliphatic rings. The monoisotopic (exact) mass is 1020 g/mol. The Morgan fingerprint density at radius 2 is 1.62 bits per heavy atom. The highest BCUT2D eigenvalue weighted by Crippen LogP contribution is 2.42. The minimum atomic E-state index is -4.75. The Bertz CT molecular complexity index is 3250. The van der Waals surface area contributed by atoms with Crippen molar-refractivity contribution in [3.8, 4) is 11.3 Å². The number of anilines is 5. The lowest BCUT2D eigenvalue weighted by molar-refractivity contribution is -0.137. The summed E-state index contributed by atoms with van der Waals surface area (Å²) in [6, 6.07) is 11.4. The zero-order valence-electron chi connectivity index (χ0n) is 41.5. The summed E-state index contributed by atoms with van der Waals surface area (Å²) in [7, 11) is 1.50. The summed E-state index contributed by atoms with van der Waals surface area (Å²) in [4.78, 5) is 96.4. The van der Waals surface area contributed by atoms with Crippen molar-refractivity contribution in [2.24, 2.45) is 12.5 Å². The van der Waals surface area contributed by atoms with Crippen molar-refractivity contribution in [1.29, 1.82) is 0 Å². The number of amides is 5. The van der Waals surface area contributed by atoms with E-state index in [-0.39, 0.29) is 76.1 Å². The number of aliphatic hydroxyl groups excluding tert-OH is 1. The number of rotatable bonds is 9. The van der Waals surface area contributed by atoms with Crippen LogP contribution in [-0.4, -0.2) is 121 Å². The largest absolute Gasteiger partial charge is 0.418 e. The molecule has 2 aromatic carbocycles. The minimum absolute atomic E-state index is 0.00171. The molecule has 0 radical (unpaired) electrons. The molecule has 1 aliphatic carbocycles. The van der Waals surface area contributed by atoms with Gasteiger partial charge in [0.2, 0.25) is 11.8 Å². The van der Waals surface area contributed by atoms with E-state index < -0.39 is 53.6 Å². The van der Waals surface area contributed by atoms with Crippen LogP contribution in [0.5, 0.6) is 0 Å². The summed E-state index contributed by atoms with van der Waals surface area (Å²) < 4.78 is 48.5. The highest BCUT2D eigenvalue weighted by atomic mass is 19.4. The number of piperidine rings is 2. The lowest BCUT2D eigenvalue weighted by Gasteiger charge is -2.47. The van der Waals surface area contributed by atoms with Crippen molar-refractivity contribution >= 4 is 58.2 Å². The molecule has 5 aliphatic heterocycles. The number of piperazine rings is 1. The molecular formula is C53H56F3N11O7. The van der Waals surface area contributed by atoms with Crippen LogP contribution in [-0.2, 0) is 48.8 Å². The van der Waals surface area contributed by atoms with Gasteiger partial charge in [0.1, 0.15) is 17.6 Å². The van der Waals surface area contributed by atoms with Gasteiger partial charge in [-0.1, -0.05) is 13.8 Å². The molecule has 3 fully saturated rings. The number of aliphatic hydroxyl groups is 1. The number of fused-ring (bicyclic) bond motifs is 4. The van der Waals surface area contributed by atoms with Gasteiger partial charge in [0.25, 0.3) is 23.3 Å². The third-order valence-electron chi connectivity index (χ3n) is 15.7. The smallest absolute Gasteiger partial charge is 0.392 e. The topological polar surface area (TPSA) is 199 Å². The Morgan fingerprint density at radius 3 is 2.35 bits per heavy atom. The maximum Gasteiger partial charge on any atom is 0.418 e. The van der Waals surface area contributed by atoms with Crippen LogP contribution in [0.25, 0.3) is 11.3 Å². The van der Waals surface area contributed by atoms with E-state index in [0.717, 1.165) is 47.9 Å². The van der Waals surface area contributed by atoms with Crippen LogP contribution in [0.3, 0.4) is 0 Å². The summed E-state index contributed by atoms with van der Waals surface area (Å²) in [6.07, 6.45) is 1.60. The maximum absolute atomic E-state index is 15.1. The first-order valence-corrected chi connectivity index (χ1v) is 25.1. The number of carbonyl (C=O) groups is 5. The van der Waals surface area contributed by atoms with E-state index in [1.54, 1.807) is 34.1 Å². The number of carbonyl (C=O) groups excluding carboxylic acids is 5. The third-order valence-corrected chi connectivity index (χ3v) is 15.7. The van der Waals surface area contributed by atoms with Crippen LogP contribution >= 0.6 is 0 Å². The van der Waals surface area contributed by atoms with Crippen molar-refractivity contribution in [3.63, 3.8) is 0 Å². The number of hydrogen-bond acceptors (Lipinski definition) is 13. The van der Waals surface area contributed by atoms with Crippen molar-refractivity contribution in [2.45, 2.75) is 96.7 Å². The van der Waals surface area contributed by atoms with Crippen LogP contribution in [0, 0.1) is 5.41 Å². The first-order valence-electron chi connectivity index (χ1n) is 25.1. The second-order valence-corrected chi connectivity index (χ2v) is 21.1. The van der Waals surface area contributed by atoms with E-state index in [0.29, 0.717) is 62.6 Å². The lowest BCUT2D eigenvalue weighted by Crippen LogP contribution is -2.57. The fourth-order valence-electron chi connectivity index (χ4n) is 12.1. The Kier molecular flexibility index (Phi) is 12.0. The predicted octanol–water partition coefficient (Wildman–Crippen LogP) is 5.26. The molecule has 0 unspecified atom stereocenters. The Balaban J connectivity index is 0.762. The third kappa shape index (κ3) is 8.48. The van der Waals surface area contributed by atoms with Crippen molar-refractivity contribution in [2.75, 3.05) is 59.3 Å². The van der Waals surface area contributed by atoms with Crippen molar-refractivity contribution in [1.82, 2.24) is 34.2 Å². The number of imide groups is 2. The second kappa shape index (κ2) is 18.2. The lowest BCUT2D eigenvalue weighted by atomic mass is 9.90. The van der Waals surface area contributed by atoms with Crippen LogP contribution < -0.4 is 30.9 Å². The van der Waals surface area contributed by atoms with Gasteiger partial charge in [-0.2, -0.15) is 13.2 Å². The highest BCUT2D eigenvalue weighted by molar-refractivity contribution is 6.23. The fraction of sp³-hybridized carbons (Fsp3) is 0.434. The van der Waals surface area contributed by atoms with Gasteiger partial charge < -0.3 is 29.4 Å². The quantitative estimate of drug-likeness (QED) is 0.162. The van der Waals surface area contributed by atoms with Gasteiger partial charge in [-0.05, 0) is 98.5 Å². The van der Waals surface area contributed by atoms with Gasteiger partial charge >= 0.3 is 6.18 Å². The Hall–Kier alpha value is -7.39. The van der Waals surface area contributed by atoms with Gasteiger partial charge in [-0.15, -0.1) is 0 Å². The molecule has 3 N–H and O–H groups in total. The van der Waals surface area contributed by atoms with E-state index in [2.05, 4.69) is 48.8 Å². The average Bonchev–Trinajstić information content (AvgIpc) is 3.96. The molecule has 0 bridgehead atoms. The Labute approximate surface area is 423 Å². The van der Waals surface area contributed by atoms with Gasteiger partial charge in [0.15, 0.2) is 5.82 Å². The normalized spacial score (nSPS) is 21.3. The maximum atomic E-state index is 15.1. The van der Waals surface area contributed by atoms with E-state index in [9.17, 15) is 33.9 Å². The van der Waals surface area contributed by atoms with E-state index in [1.807, 2.05) is 13.0 Å². The van der Waals surface area contributed by atoms with Gasteiger partial charge in [0, 0.05) is 118 Å². The zero-order valence-corrected chi connectivity index (χ0v) is 41.5. The highest BCUT2D eigenvalue weighted by Gasteiger charge is 2.46. The zero-order chi connectivity index (χ0) is 52.1. The summed E-state index contributed by atoms with van der Waals surface area (Å²) in [5.74, 6) is -2.46. The second-order valence-electron chi connectivity index (χ2n) is 21.1. The molecule has 8 heterocycles. The first-order chi connectivity index (χ1) is 35.3. The summed E-state index contributed by atoms with van der Waals surface area (Å²) in [6.45, 7) is 9.37. The molecule has 3 saturated heterocycles. The molecule has 74 heavy (non-hydrogen) atoms. The molecule has 18 nitrogen and oxygen atoms in total. The summed E-state index contributed by atoms with van der Waals surface area (Å²) in [5, 5.41) is 15.9. The van der Waals surface area contributed by atoms with Crippen molar-refractivity contribution in [3.05, 3.63) is 110 Å². The van der Waals surface area contributed by atoms with Gasteiger partial charge in [-0.3, -0.25) is 48.8 Å². The molecule has 0 spiro atoms. The molecule has 386 valence electrons. The van der Waals surface area contributed by atoms with E-state index >= 15 is 13.2 Å². The van der Waals surface area contributed by atoms with Crippen LogP contribution in [0.1, 0.15) is 100 Å². The number of nitrogens with one attached hydrogen (secondary N) is 2. The molecule has 5 amide bonds. The summed E-state index contributed by atoms with van der Waals surface area (Å²) >= 11 is 0. The number of halogens is 3. The standard InChI is InChI=1S/C53H56F3N11O7/c1-29-26-63(32-12-15-62(16-13-32)33-6-7-35-36(23-33)49(72)67(48(35)71)41-9-10-44(69)60-47(41)70)17-18-64(29)40-8-5-31(22-38(40)53(54,55)56)58-45-51(74)61(4)27-39(59-45)34-11-14-57-46(37(34)28-68)66-20-19-65-42(50(66)73)21-30-24-52(2,3)25-43(30)65/h5-8,11,14,21-23,27,29,32,41,68H,9-10,12-13,15-20,24-26,28H2,1-4H3,(H,58,59)(H,60,69,70)/t29-,41-/m0/s1. The van der Waals surface area contributed by atoms with Crippen LogP contribution in [0.2, 0.25) is 0 Å². The molecule has 0 saturated carbocycles. The molecular weight excluding hydrogens is 960 g/mol. The first kappa shape index (κ1) is 48.9. The molecule has 5 aromatic rings. The van der Waals surface area contributed by atoms with Crippen molar-refractivity contribution < 1.29 is 42.3 Å². The molecule has 21 heteroatoms. The summed E-state index contributed by atoms with van der Waals surface area (Å²) in [5.41, 5.74) is 3.71. The number of aromatic nitrogens is 4. The number of alkyl halides is 3. The van der Waals surface area contributed by atoms with Gasteiger partial charge in [0.05, 0.1) is 29.0 Å². The predicted molar refractivity (Wildman–Crippen MR) is 267 cm³/mol. The molecule has 2 atom stereocenters. The minimum Gasteiger partial charge on any atom is -0.392 e. The van der Waals surface area contributed by atoms with Gasteiger partial charge in [-0.25, -0.2) is 9.97 Å². The molecule has 11 rings (SSSR count). The Morgan fingerprint density at radius 1 is 0.851 bits per heavy atom. The van der Waals surface area contributed by atoms with Crippen LogP contribution in [0.4, 0.5) is 41.9 Å². The fourth-order valence-corrected chi connectivity index (χ4v) is 12.1. The number of aryl methyl sites for hydroxylation is 1. The van der Waals surface area contributed by atoms with E-state index in [4.69, 9.17) is 0 Å². The van der Waals surface area contributed by atoms with E-state index in [1.165, 1.54) is 41.8 Å². The van der Waals surface area contributed by atoms with Crippen LogP contribution in [0.15, 0.2) is 65.7 Å². The number of hydrogen-bond donors (Lipinski definition) is 3. The molecule has 3 aromatic heterocycles. The SMILES string of the molecule is C[C@H]1CN(C2CCN(c3ccc4c(c3)C(=O)N([C@H]3CCC(=O)NC3=O)C4=O)CC2)CCN1c1ccc(Nc2nc(-c3ccnc(N4CCn5c(cc6c5CC(C)(C)C6)C4=O)c3CO)cn(C)c2=O)cc1C(F)(F)F. The number of benzene rings is 2. The number of nitrogens with zero attached hydrogens (tertiary/aromatic N) is 9. The number of pyridine rings is 1.